The zero-order chi connectivity index (χ0) is 18.0. The molecule has 0 atom stereocenters. The summed E-state index contributed by atoms with van der Waals surface area (Å²) in [4.78, 5) is 24.2. The molecule has 1 amide bonds. The summed E-state index contributed by atoms with van der Waals surface area (Å²) in [5.41, 5.74) is 3.03. The van der Waals surface area contributed by atoms with Gasteiger partial charge >= 0.3 is 5.63 Å². The molecule has 1 heterocycles. The van der Waals surface area contributed by atoms with Gasteiger partial charge < -0.3 is 4.42 Å². The van der Waals surface area contributed by atoms with Crippen molar-refractivity contribution in [3.05, 3.63) is 80.1 Å². The summed E-state index contributed by atoms with van der Waals surface area (Å²) in [6.45, 7) is 1.59. The maximum absolute atomic E-state index is 12.2. The number of nitrogens with zero attached hydrogens (tertiary/aromatic N) is 1. The zero-order valence-electron chi connectivity index (χ0n) is 13.0. The molecule has 0 aliphatic carbocycles. The minimum absolute atomic E-state index is 0.208. The lowest BCUT2D eigenvalue weighted by atomic mass is 10.1. The van der Waals surface area contributed by atoms with Gasteiger partial charge in [-0.15, -0.1) is 0 Å². The van der Waals surface area contributed by atoms with Gasteiger partial charge in [-0.1, -0.05) is 41.4 Å². The highest BCUT2D eigenvalue weighted by atomic mass is 35.5. The van der Waals surface area contributed by atoms with Gasteiger partial charge in [-0.2, -0.15) is 5.10 Å². The van der Waals surface area contributed by atoms with E-state index >= 15 is 0 Å². The van der Waals surface area contributed by atoms with E-state index in [0.717, 1.165) is 0 Å². The minimum atomic E-state index is -0.605. The molecule has 7 heteroatoms. The molecule has 0 saturated carbocycles. The van der Waals surface area contributed by atoms with Crippen LogP contribution < -0.4 is 11.1 Å². The van der Waals surface area contributed by atoms with Gasteiger partial charge in [0.15, 0.2) is 5.58 Å². The molecule has 25 heavy (non-hydrogen) atoms. The van der Waals surface area contributed by atoms with Gasteiger partial charge in [0.2, 0.25) is 0 Å². The number of carbonyl (C=O) groups excluding carboxylic acids is 1. The third-order valence-corrected chi connectivity index (χ3v) is 4.00. The first-order valence-electron chi connectivity index (χ1n) is 7.28. The van der Waals surface area contributed by atoms with Crippen LogP contribution in [0, 0.1) is 0 Å². The highest BCUT2D eigenvalue weighted by Crippen LogP contribution is 2.27. The molecule has 0 unspecified atom stereocenters. The largest absolute Gasteiger partial charge is 0.421 e. The molecule has 0 fully saturated rings. The second-order valence-electron chi connectivity index (χ2n) is 5.26. The second kappa shape index (κ2) is 7.09. The molecule has 1 aromatic heterocycles. The average Bonchev–Trinajstić information content (AvgIpc) is 2.60. The number of fused-ring (bicyclic) bond motifs is 1. The Morgan fingerprint density at radius 3 is 2.56 bits per heavy atom. The molecule has 0 aliphatic rings. The van der Waals surface area contributed by atoms with Gasteiger partial charge in [0.25, 0.3) is 5.91 Å². The van der Waals surface area contributed by atoms with E-state index in [2.05, 4.69) is 10.5 Å². The first-order chi connectivity index (χ1) is 12.0. The third-order valence-electron chi connectivity index (χ3n) is 3.50. The van der Waals surface area contributed by atoms with E-state index in [1.54, 1.807) is 43.3 Å². The van der Waals surface area contributed by atoms with Crippen molar-refractivity contribution in [2.75, 3.05) is 0 Å². The Balaban J connectivity index is 1.94. The molecule has 3 aromatic rings. The Labute approximate surface area is 152 Å². The smallest absolute Gasteiger partial charge is 0.345 e. The average molecular weight is 375 g/mol. The molecule has 3 rings (SSSR count). The fraction of sp³-hybridized carbons (Fsp3) is 0.0556. The Hall–Kier alpha value is -2.63. The van der Waals surface area contributed by atoms with Crippen molar-refractivity contribution in [2.45, 2.75) is 6.92 Å². The first-order valence-corrected chi connectivity index (χ1v) is 8.04. The predicted octanol–water partition coefficient (Wildman–Crippen LogP) is 4.25. The zero-order valence-corrected chi connectivity index (χ0v) is 14.6. The molecule has 5 nitrogen and oxygen atoms in total. The number of hydrogen-bond donors (Lipinski definition) is 1. The lowest BCUT2D eigenvalue weighted by Crippen LogP contribution is -2.21. The molecule has 0 radical (unpaired) electrons. The molecule has 2 aromatic carbocycles. The van der Waals surface area contributed by atoms with Crippen molar-refractivity contribution in [2.24, 2.45) is 5.10 Å². The van der Waals surface area contributed by atoms with E-state index < -0.39 is 5.63 Å². The number of hydrazone groups is 1. The van der Waals surface area contributed by atoms with Gasteiger partial charge in [-0.05, 0) is 37.3 Å². The molecule has 126 valence electrons. The predicted molar refractivity (Wildman–Crippen MR) is 98.6 cm³/mol. The molecule has 0 spiro atoms. The monoisotopic (exact) mass is 374 g/mol. The Morgan fingerprint density at radius 1 is 1.12 bits per heavy atom. The van der Waals surface area contributed by atoms with Crippen LogP contribution in [0.2, 0.25) is 10.0 Å². The first kappa shape index (κ1) is 17.2. The van der Waals surface area contributed by atoms with Crippen molar-refractivity contribution in [3.63, 3.8) is 0 Å². The summed E-state index contributed by atoms with van der Waals surface area (Å²) in [6.07, 6.45) is 0. The lowest BCUT2D eigenvalue weighted by Gasteiger charge is -2.05. The van der Waals surface area contributed by atoms with Crippen molar-refractivity contribution in [3.8, 4) is 0 Å². The summed E-state index contributed by atoms with van der Waals surface area (Å²) in [7, 11) is 0. The van der Waals surface area contributed by atoms with Crippen LogP contribution in [0.15, 0.2) is 62.8 Å². The fourth-order valence-electron chi connectivity index (χ4n) is 2.26. The SMILES string of the molecule is C/C(=N\NC(=O)c1ccccc1)c1cc2cc(Cl)cc(Cl)c2oc1=O. The highest BCUT2D eigenvalue weighted by molar-refractivity contribution is 6.38. The van der Waals surface area contributed by atoms with E-state index in [9.17, 15) is 9.59 Å². The number of benzene rings is 2. The van der Waals surface area contributed by atoms with Crippen LogP contribution in [0.5, 0.6) is 0 Å². The van der Waals surface area contributed by atoms with Crippen molar-refractivity contribution < 1.29 is 9.21 Å². The summed E-state index contributed by atoms with van der Waals surface area (Å²) in [5.74, 6) is -0.379. The van der Waals surface area contributed by atoms with Crippen molar-refractivity contribution >= 4 is 45.8 Å². The third kappa shape index (κ3) is 3.73. The topological polar surface area (TPSA) is 71.7 Å². The van der Waals surface area contributed by atoms with E-state index in [4.69, 9.17) is 27.6 Å². The van der Waals surface area contributed by atoms with Crippen LogP contribution >= 0.6 is 23.2 Å². The van der Waals surface area contributed by atoms with Crippen LogP contribution in [-0.4, -0.2) is 11.6 Å². The standard InChI is InChI=1S/C18H12Cl2N2O3/c1-10(21-22-17(23)11-5-3-2-4-6-11)14-8-12-7-13(19)9-15(20)16(12)25-18(14)24/h2-9H,1H3,(H,22,23)/b21-10+. The maximum Gasteiger partial charge on any atom is 0.345 e. The van der Waals surface area contributed by atoms with Gasteiger partial charge in [-0.3, -0.25) is 4.79 Å². The number of amides is 1. The van der Waals surface area contributed by atoms with Crippen LogP contribution in [0.25, 0.3) is 11.0 Å². The Bertz CT molecular complexity index is 1040. The lowest BCUT2D eigenvalue weighted by molar-refractivity contribution is 0.0955. The Morgan fingerprint density at radius 2 is 1.84 bits per heavy atom. The van der Waals surface area contributed by atoms with Crippen molar-refractivity contribution in [1.29, 1.82) is 0 Å². The molecule has 0 saturated heterocycles. The number of nitrogens with one attached hydrogen (secondary N) is 1. The second-order valence-corrected chi connectivity index (χ2v) is 6.10. The number of hydrogen-bond acceptors (Lipinski definition) is 4. The summed E-state index contributed by atoms with van der Waals surface area (Å²) in [6, 6.07) is 13.3. The minimum Gasteiger partial charge on any atom is -0.421 e. The summed E-state index contributed by atoms with van der Waals surface area (Å²) in [5, 5.41) is 5.21. The van der Waals surface area contributed by atoms with E-state index in [0.29, 0.717) is 21.7 Å². The van der Waals surface area contributed by atoms with Gasteiger partial charge in [0.1, 0.15) is 0 Å². The van der Waals surface area contributed by atoms with Crippen LogP contribution in [0.1, 0.15) is 22.8 Å². The highest BCUT2D eigenvalue weighted by Gasteiger charge is 2.12. The van der Waals surface area contributed by atoms with Gasteiger partial charge in [0.05, 0.1) is 16.3 Å². The number of carbonyl (C=O) groups is 1. The molecular formula is C18H12Cl2N2O3. The molecule has 0 bridgehead atoms. The van der Waals surface area contributed by atoms with Gasteiger partial charge in [0, 0.05) is 16.0 Å². The van der Waals surface area contributed by atoms with Crippen LogP contribution in [-0.2, 0) is 0 Å². The summed E-state index contributed by atoms with van der Waals surface area (Å²) < 4.78 is 5.25. The maximum atomic E-state index is 12.2. The fourth-order valence-corrected chi connectivity index (χ4v) is 2.81. The van der Waals surface area contributed by atoms with E-state index in [1.807, 2.05) is 6.07 Å². The van der Waals surface area contributed by atoms with Crippen LogP contribution in [0.4, 0.5) is 0 Å². The number of halogens is 2. The van der Waals surface area contributed by atoms with Gasteiger partial charge in [-0.25, -0.2) is 10.2 Å². The van der Waals surface area contributed by atoms with Crippen molar-refractivity contribution in [1.82, 2.24) is 5.43 Å². The number of rotatable bonds is 3. The Kier molecular flexibility index (Phi) is 4.88. The van der Waals surface area contributed by atoms with E-state index in [-0.39, 0.29) is 22.1 Å². The normalized spacial score (nSPS) is 11.6. The van der Waals surface area contributed by atoms with Crippen LogP contribution in [0.3, 0.4) is 0 Å². The molecular weight excluding hydrogens is 363 g/mol. The molecule has 1 N–H and O–H groups in total. The van der Waals surface area contributed by atoms with E-state index in [1.165, 1.54) is 6.07 Å². The molecule has 0 aliphatic heterocycles. The summed E-state index contributed by atoms with van der Waals surface area (Å²) >= 11 is 12.0. The quantitative estimate of drug-likeness (QED) is 0.423.